The number of rotatable bonds is 5. The quantitative estimate of drug-likeness (QED) is 0.846. The minimum absolute atomic E-state index is 0.325. The molecule has 0 fully saturated rings. The molecule has 0 aliphatic rings. The third kappa shape index (κ3) is 3.32. The molecule has 106 valence electrons. The molecule has 0 saturated heterocycles. The summed E-state index contributed by atoms with van der Waals surface area (Å²) in [5, 5.41) is 13.8. The maximum absolute atomic E-state index is 10.8. The van der Waals surface area contributed by atoms with E-state index in [1.807, 2.05) is 19.1 Å². The summed E-state index contributed by atoms with van der Waals surface area (Å²) in [7, 11) is 1.63. The van der Waals surface area contributed by atoms with E-state index in [2.05, 4.69) is 21.2 Å². The van der Waals surface area contributed by atoms with Crippen molar-refractivity contribution in [1.29, 1.82) is 0 Å². The Hall–Kier alpha value is -1.53. The first kappa shape index (κ1) is 14.9. The normalized spacial score (nSPS) is 10.3. The van der Waals surface area contributed by atoms with Crippen LogP contribution in [0.1, 0.15) is 20.8 Å². The average molecular weight is 356 g/mol. The number of carboxylic acids is 1. The number of carboxylic acid groups (broad SMARTS) is 1. The van der Waals surface area contributed by atoms with Gasteiger partial charge < -0.3 is 15.2 Å². The molecule has 4 nitrogen and oxygen atoms in total. The topological polar surface area (TPSA) is 58.6 Å². The van der Waals surface area contributed by atoms with Crippen molar-refractivity contribution in [2.75, 3.05) is 12.4 Å². The Morgan fingerprint density at radius 3 is 2.80 bits per heavy atom. The van der Waals surface area contributed by atoms with Gasteiger partial charge in [-0.25, -0.2) is 4.79 Å². The SMILES string of the molecule is COc1cc(Br)cc(C)c1NCc1cc(C(=O)O)cs1. The fourth-order valence-electron chi connectivity index (χ4n) is 1.86. The van der Waals surface area contributed by atoms with Gasteiger partial charge in [0.15, 0.2) is 0 Å². The van der Waals surface area contributed by atoms with E-state index in [4.69, 9.17) is 9.84 Å². The lowest BCUT2D eigenvalue weighted by molar-refractivity contribution is 0.0697. The number of anilines is 1. The smallest absolute Gasteiger partial charge is 0.336 e. The van der Waals surface area contributed by atoms with Crippen LogP contribution in [0.3, 0.4) is 0 Å². The summed E-state index contributed by atoms with van der Waals surface area (Å²) >= 11 is 4.86. The molecule has 0 radical (unpaired) electrons. The molecular formula is C14H14BrNO3S. The molecule has 0 aliphatic carbocycles. The van der Waals surface area contributed by atoms with Gasteiger partial charge in [-0.1, -0.05) is 15.9 Å². The van der Waals surface area contributed by atoms with Gasteiger partial charge in [-0.15, -0.1) is 11.3 Å². The number of aryl methyl sites for hydroxylation is 1. The molecule has 2 aromatic rings. The van der Waals surface area contributed by atoms with Crippen LogP contribution in [-0.4, -0.2) is 18.2 Å². The highest BCUT2D eigenvalue weighted by atomic mass is 79.9. The maximum atomic E-state index is 10.8. The third-order valence-corrected chi connectivity index (χ3v) is 4.22. The van der Waals surface area contributed by atoms with Crippen LogP contribution in [-0.2, 0) is 6.54 Å². The van der Waals surface area contributed by atoms with E-state index >= 15 is 0 Å². The van der Waals surface area contributed by atoms with E-state index in [0.717, 1.165) is 26.4 Å². The second-order valence-corrected chi connectivity index (χ2v) is 6.17. The Bertz CT molecular complexity index is 639. The zero-order valence-corrected chi connectivity index (χ0v) is 13.5. The monoisotopic (exact) mass is 355 g/mol. The van der Waals surface area contributed by atoms with Gasteiger partial charge in [-0.2, -0.15) is 0 Å². The Balaban J connectivity index is 2.16. The van der Waals surface area contributed by atoms with Crippen molar-refractivity contribution in [2.45, 2.75) is 13.5 Å². The number of nitrogens with one attached hydrogen (secondary N) is 1. The lowest BCUT2D eigenvalue weighted by Gasteiger charge is -2.14. The van der Waals surface area contributed by atoms with Crippen LogP contribution in [0.4, 0.5) is 5.69 Å². The third-order valence-electron chi connectivity index (χ3n) is 2.82. The lowest BCUT2D eigenvalue weighted by atomic mass is 10.2. The standard InChI is InChI=1S/C14H14BrNO3S/c1-8-3-10(15)5-12(19-2)13(8)16-6-11-4-9(7-20-11)14(17)18/h3-5,7,16H,6H2,1-2H3,(H,17,18). The molecule has 0 saturated carbocycles. The first-order valence-corrected chi connectivity index (χ1v) is 7.57. The molecule has 0 unspecified atom stereocenters. The molecule has 1 aromatic heterocycles. The van der Waals surface area contributed by atoms with Crippen LogP contribution in [0.25, 0.3) is 0 Å². The zero-order valence-electron chi connectivity index (χ0n) is 11.1. The van der Waals surface area contributed by atoms with Gasteiger partial charge in [-0.3, -0.25) is 0 Å². The van der Waals surface area contributed by atoms with Gasteiger partial charge in [0.2, 0.25) is 0 Å². The van der Waals surface area contributed by atoms with E-state index in [9.17, 15) is 4.79 Å². The summed E-state index contributed by atoms with van der Waals surface area (Å²) in [6, 6.07) is 5.58. The maximum Gasteiger partial charge on any atom is 0.336 e. The van der Waals surface area contributed by atoms with Crippen molar-refractivity contribution >= 4 is 38.9 Å². The number of thiophene rings is 1. The fraction of sp³-hybridized carbons (Fsp3) is 0.214. The Labute approximate surface area is 129 Å². The number of benzene rings is 1. The minimum Gasteiger partial charge on any atom is -0.495 e. The van der Waals surface area contributed by atoms with Crippen LogP contribution >= 0.6 is 27.3 Å². The number of carbonyl (C=O) groups is 1. The van der Waals surface area contributed by atoms with E-state index in [-0.39, 0.29) is 0 Å². The Kier molecular flexibility index (Phi) is 4.67. The molecule has 6 heteroatoms. The summed E-state index contributed by atoms with van der Waals surface area (Å²) in [6.45, 7) is 2.56. The number of methoxy groups -OCH3 is 1. The Morgan fingerprint density at radius 2 is 2.20 bits per heavy atom. The number of hydrogen-bond donors (Lipinski definition) is 2. The summed E-state index contributed by atoms with van der Waals surface area (Å²) in [5.74, 6) is -0.142. The molecule has 0 spiro atoms. The van der Waals surface area contributed by atoms with Gasteiger partial charge in [0, 0.05) is 21.3 Å². The number of halogens is 1. The number of ether oxygens (including phenoxy) is 1. The molecule has 1 aromatic carbocycles. The number of aromatic carboxylic acids is 1. The van der Waals surface area contributed by atoms with Crippen molar-refractivity contribution < 1.29 is 14.6 Å². The molecule has 2 rings (SSSR count). The molecule has 1 heterocycles. The minimum atomic E-state index is -0.898. The second kappa shape index (κ2) is 6.28. The van der Waals surface area contributed by atoms with E-state index in [1.54, 1.807) is 18.6 Å². The van der Waals surface area contributed by atoms with Crippen molar-refractivity contribution in [1.82, 2.24) is 0 Å². The Morgan fingerprint density at radius 1 is 1.45 bits per heavy atom. The molecule has 2 N–H and O–H groups in total. The number of hydrogen-bond acceptors (Lipinski definition) is 4. The predicted octanol–water partition coefficient (Wildman–Crippen LogP) is 4.14. The van der Waals surface area contributed by atoms with Gasteiger partial charge in [0.05, 0.1) is 18.4 Å². The zero-order chi connectivity index (χ0) is 14.7. The first-order chi connectivity index (χ1) is 9.51. The van der Waals surface area contributed by atoms with E-state index < -0.39 is 5.97 Å². The van der Waals surface area contributed by atoms with Crippen molar-refractivity contribution in [3.8, 4) is 5.75 Å². The van der Waals surface area contributed by atoms with Gasteiger partial charge >= 0.3 is 5.97 Å². The molecule has 0 bridgehead atoms. The van der Waals surface area contributed by atoms with Crippen LogP contribution in [0.15, 0.2) is 28.1 Å². The summed E-state index contributed by atoms with van der Waals surface area (Å²) in [4.78, 5) is 11.8. The molecule has 0 atom stereocenters. The summed E-state index contributed by atoms with van der Waals surface area (Å²) < 4.78 is 6.32. The largest absolute Gasteiger partial charge is 0.495 e. The molecular weight excluding hydrogens is 342 g/mol. The second-order valence-electron chi connectivity index (χ2n) is 4.26. The van der Waals surface area contributed by atoms with Crippen LogP contribution < -0.4 is 10.1 Å². The van der Waals surface area contributed by atoms with Crippen LogP contribution in [0, 0.1) is 6.92 Å². The van der Waals surface area contributed by atoms with Crippen LogP contribution in [0.2, 0.25) is 0 Å². The average Bonchev–Trinajstić information content (AvgIpc) is 2.85. The molecule has 20 heavy (non-hydrogen) atoms. The molecule has 0 aliphatic heterocycles. The lowest BCUT2D eigenvalue weighted by Crippen LogP contribution is -2.02. The van der Waals surface area contributed by atoms with Crippen molar-refractivity contribution in [3.63, 3.8) is 0 Å². The van der Waals surface area contributed by atoms with Crippen molar-refractivity contribution in [3.05, 3.63) is 44.1 Å². The summed E-state index contributed by atoms with van der Waals surface area (Å²) in [6.07, 6.45) is 0. The summed E-state index contributed by atoms with van der Waals surface area (Å²) in [5.41, 5.74) is 2.30. The highest BCUT2D eigenvalue weighted by Crippen LogP contribution is 2.32. The first-order valence-electron chi connectivity index (χ1n) is 5.90. The van der Waals surface area contributed by atoms with Gasteiger partial charge in [0.1, 0.15) is 5.75 Å². The fourth-order valence-corrected chi connectivity index (χ4v) is 3.21. The van der Waals surface area contributed by atoms with E-state index in [1.165, 1.54) is 11.3 Å². The van der Waals surface area contributed by atoms with E-state index in [0.29, 0.717) is 12.1 Å². The predicted molar refractivity (Wildman–Crippen MR) is 84.0 cm³/mol. The van der Waals surface area contributed by atoms with Crippen molar-refractivity contribution in [2.24, 2.45) is 0 Å². The highest BCUT2D eigenvalue weighted by Gasteiger charge is 2.10. The van der Waals surface area contributed by atoms with Crippen LogP contribution in [0.5, 0.6) is 5.75 Å². The van der Waals surface area contributed by atoms with Gasteiger partial charge in [-0.05, 0) is 30.7 Å². The van der Waals surface area contributed by atoms with Gasteiger partial charge in [0.25, 0.3) is 0 Å². The highest BCUT2D eigenvalue weighted by molar-refractivity contribution is 9.10. The molecule has 0 amide bonds.